The highest BCUT2D eigenvalue weighted by molar-refractivity contribution is 5.39. The van der Waals surface area contributed by atoms with Gasteiger partial charge in [0.25, 0.3) is 0 Å². The van der Waals surface area contributed by atoms with E-state index >= 15 is 0 Å². The molecule has 4 heteroatoms. The summed E-state index contributed by atoms with van der Waals surface area (Å²) in [5, 5.41) is 11.7. The van der Waals surface area contributed by atoms with Crippen molar-refractivity contribution >= 4 is 0 Å². The average molecular weight is 272 g/mol. The molecule has 0 saturated heterocycles. The van der Waals surface area contributed by atoms with E-state index in [0.717, 1.165) is 5.82 Å². The lowest BCUT2D eigenvalue weighted by Gasteiger charge is -2.23. The van der Waals surface area contributed by atoms with Crippen molar-refractivity contribution in [3.63, 3.8) is 0 Å². The van der Waals surface area contributed by atoms with Gasteiger partial charge in [0.1, 0.15) is 12.2 Å². The maximum atomic E-state index is 4.17. The second-order valence-electron chi connectivity index (χ2n) is 5.72. The van der Waals surface area contributed by atoms with E-state index in [9.17, 15) is 0 Å². The van der Waals surface area contributed by atoms with Crippen LogP contribution in [-0.4, -0.2) is 14.8 Å². The van der Waals surface area contributed by atoms with E-state index in [4.69, 9.17) is 0 Å². The Balaban J connectivity index is 2.21. The number of rotatable bonds is 4. The van der Waals surface area contributed by atoms with E-state index in [-0.39, 0.29) is 12.1 Å². The summed E-state index contributed by atoms with van der Waals surface area (Å²) in [5.74, 6) is 0.958. The Morgan fingerprint density at radius 1 is 1.05 bits per heavy atom. The molecule has 4 nitrogen and oxygen atoms in total. The molecule has 0 spiro atoms. The van der Waals surface area contributed by atoms with Crippen LogP contribution in [0.15, 0.2) is 18.5 Å². The van der Waals surface area contributed by atoms with E-state index in [1.165, 1.54) is 22.3 Å². The van der Waals surface area contributed by atoms with Crippen LogP contribution >= 0.6 is 0 Å². The van der Waals surface area contributed by atoms with Gasteiger partial charge in [-0.1, -0.05) is 17.7 Å². The minimum atomic E-state index is 0.164. The zero-order chi connectivity index (χ0) is 14.9. The molecule has 0 saturated carbocycles. The average Bonchev–Trinajstić information content (AvgIpc) is 2.73. The molecule has 2 aromatic rings. The largest absolute Gasteiger partial charge is 0.319 e. The molecular weight excluding hydrogens is 248 g/mol. The third-order valence-corrected chi connectivity index (χ3v) is 3.80. The second-order valence-corrected chi connectivity index (χ2v) is 5.72. The minimum absolute atomic E-state index is 0.164. The first-order valence-electron chi connectivity index (χ1n) is 7.07. The number of hydrogen-bond donors (Lipinski definition) is 1. The Morgan fingerprint density at radius 2 is 1.65 bits per heavy atom. The molecule has 2 unspecified atom stereocenters. The Bertz CT molecular complexity index is 577. The molecule has 20 heavy (non-hydrogen) atoms. The molecule has 1 aromatic heterocycles. The summed E-state index contributed by atoms with van der Waals surface area (Å²) < 4.78 is 1.96. The van der Waals surface area contributed by atoms with Crippen LogP contribution < -0.4 is 5.32 Å². The van der Waals surface area contributed by atoms with Crippen LogP contribution in [0.5, 0.6) is 0 Å². The minimum Gasteiger partial charge on any atom is -0.319 e. The van der Waals surface area contributed by atoms with Crippen molar-refractivity contribution in [1.82, 2.24) is 20.1 Å². The molecule has 0 aliphatic heterocycles. The fourth-order valence-corrected chi connectivity index (χ4v) is 3.09. The predicted molar refractivity (Wildman–Crippen MR) is 81.6 cm³/mol. The monoisotopic (exact) mass is 272 g/mol. The lowest BCUT2D eigenvalue weighted by Crippen LogP contribution is -2.25. The first-order chi connectivity index (χ1) is 9.40. The number of nitrogens with one attached hydrogen (secondary N) is 1. The molecule has 0 radical (unpaired) electrons. The second kappa shape index (κ2) is 5.75. The summed E-state index contributed by atoms with van der Waals surface area (Å²) in [7, 11) is 1.97. The summed E-state index contributed by atoms with van der Waals surface area (Å²) in [4.78, 5) is 0. The molecule has 108 valence electrons. The maximum absolute atomic E-state index is 4.17. The Morgan fingerprint density at radius 3 is 2.15 bits per heavy atom. The van der Waals surface area contributed by atoms with Gasteiger partial charge in [0.15, 0.2) is 0 Å². The lowest BCUT2D eigenvalue weighted by atomic mass is 9.94. The summed E-state index contributed by atoms with van der Waals surface area (Å²) in [5.41, 5.74) is 5.38. The Hall–Kier alpha value is -1.68. The molecule has 0 amide bonds. The van der Waals surface area contributed by atoms with Crippen molar-refractivity contribution in [2.75, 3.05) is 0 Å². The summed E-state index contributed by atoms with van der Waals surface area (Å²) in [6.07, 6.45) is 1.74. The van der Waals surface area contributed by atoms with Crippen LogP contribution in [0.3, 0.4) is 0 Å². The molecule has 1 N–H and O–H groups in total. The quantitative estimate of drug-likeness (QED) is 0.929. The number of aryl methyl sites for hydroxylation is 4. The van der Waals surface area contributed by atoms with Gasteiger partial charge in [-0.25, -0.2) is 0 Å². The summed E-state index contributed by atoms with van der Waals surface area (Å²) >= 11 is 0. The standard InChI is InChI=1S/C16H24N4/c1-10-7-11(2)15(12(3)8-10)13(4)18-14(5)16-19-17-9-20(16)6/h7-9,13-14,18H,1-6H3. The zero-order valence-corrected chi connectivity index (χ0v) is 13.2. The van der Waals surface area contributed by atoms with E-state index in [1.807, 2.05) is 11.6 Å². The molecule has 1 heterocycles. The van der Waals surface area contributed by atoms with Gasteiger partial charge < -0.3 is 9.88 Å². The van der Waals surface area contributed by atoms with Crippen molar-refractivity contribution in [1.29, 1.82) is 0 Å². The van der Waals surface area contributed by atoms with Gasteiger partial charge in [-0.05, 0) is 51.3 Å². The SMILES string of the molecule is Cc1cc(C)c(C(C)NC(C)c2nncn2C)c(C)c1. The van der Waals surface area contributed by atoms with Crippen molar-refractivity contribution in [3.05, 3.63) is 46.5 Å². The van der Waals surface area contributed by atoms with Gasteiger partial charge in [0, 0.05) is 13.1 Å². The zero-order valence-electron chi connectivity index (χ0n) is 13.2. The third kappa shape index (κ3) is 2.90. The lowest BCUT2D eigenvalue weighted by molar-refractivity contribution is 0.463. The van der Waals surface area contributed by atoms with Crippen molar-refractivity contribution < 1.29 is 0 Å². The first kappa shape index (κ1) is 14.7. The van der Waals surface area contributed by atoms with Crippen molar-refractivity contribution in [2.45, 2.75) is 46.7 Å². The topological polar surface area (TPSA) is 42.7 Å². The van der Waals surface area contributed by atoms with Crippen LogP contribution in [0.25, 0.3) is 0 Å². The molecule has 1 aromatic carbocycles. The normalized spacial score (nSPS) is 14.3. The molecule has 0 aliphatic carbocycles. The van der Waals surface area contributed by atoms with Crippen LogP contribution in [0.4, 0.5) is 0 Å². The highest BCUT2D eigenvalue weighted by Gasteiger charge is 2.17. The van der Waals surface area contributed by atoms with Crippen LogP contribution in [0, 0.1) is 20.8 Å². The van der Waals surface area contributed by atoms with Crippen LogP contribution in [-0.2, 0) is 7.05 Å². The van der Waals surface area contributed by atoms with Crippen molar-refractivity contribution in [3.8, 4) is 0 Å². The molecule has 0 bridgehead atoms. The number of nitrogens with zero attached hydrogens (tertiary/aromatic N) is 3. The summed E-state index contributed by atoms with van der Waals surface area (Å²) in [6, 6.07) is 4.93. The van der Waals surface area contributed by atoms with Crippen LogP contribution in [0.1, 0.15) is 54.0 Å². The van der Waals surface area contributed by atoms with Gasteiger partial charge in [0.05, 0.1) is 6.04 Å². The van der Waals surface area contributed by atoms with E-state index in [2.05, 4.69) is 62.3 Å². The van der Waals surface area contributed by atoms with Gasteiger partial charge in [-0.3, -0.25) is 0 Å². The third-order valence-electron chi connectivity index (χ3n) is 3.80. The molecular formula is C16H24N4. The highest BCUT2D eigenvalue weighted by atomic mass is 15.3. The first-order valence-corrected chi connectivity index (χ1v) is 7.07. The van der Waals surface area contributed by atoms with Crippen LogP contribution in [0.2, 0.25) is 0 Å². The van der Waals surface area contributed by atoms with E-state index in [1.54, 1.807) is 6.33 Å². The molecule has 0 aliphatic rings. The molecule has 2 atom stereocenters. The maximum Gasteiger partial charge on any atom is 0.149 e. The Labute approximate surface area is 121 Å². The number of hydrogen-bond acceptors (Lipinski definition) is 3. The number of benzene rings is 1. The van der Waals surface area contributed by atoms with Gasteiger partial charge in [-0.2, -0.15) is 0 Å². The van der Waals surface area contributed by atoms with Crippen molar-refractivity contribution in [2.24, 2.45) is 7.05 Å². The Kier molecular flexibility index (Phi) is 4.23. The highest BCUT2D eigenvalue weighted by Crippen LogP contribution is 2.25. The van der Waals surface area contributed by atoms with E-state index in [0.29, 0.717) is 0 Å². The van der Waals surface area contributed by atoms with Gasteiger partial charge in [-0.15, -0.1) is 10.2 Å². The fourth-order valence-electron chi connectivity index (χ4n) is 3.09. The van der Waals surface area contributed by atoms with Gasteiger partial charge >= 0.3 is 0 Å². The predicted octanol–water partition coefficient (Wildman–Crippen LogP) is 3.15. The molecule has 0 fully saturated rings. The summed E-state index contributed by atoms with van der Waals surface area (Å²) in [6.45, 7) is 10.8. The van der Waals surface area contributed by atoms with E-state index < -0.39 is 0 Å². The van der Waals surface area contributed by atoms with Gasteiger partial charge in [0.2, 0.25) is 0 Å². The smallest absolute Gasteiger partial charge is 0.149 e. The fraction of sp³-hybridized carbons (Fsp3) is 0.500. The molecule has 2 rings (SSSR count). The number of aromatic nitrogens is 3.